The molecule has 0 aromatic carbocycles. The lowest BCUT2D eigenvalue weighted by atomic mass is 9.98. The standard InChI is InChI=1S/C12H16ClNO8/c1-5(15)19-4-8-10(20-6(2)16)11(21-7(3)17)9(14-18)12(13)22-8/h8-12H,4H2,1-3H3/t8-,9-,10-,11-,12+/m0/s1. The lowest BCUT2D eigenvalue weighted by molar-refractivity contribution is -0.209. The van der Waals surface area contributed by atoms with Crippen molar-refractivity contribution in [3.8, 4) is 0 Å². The second-order valence-corrected chi connectivity index (χ2v) is 5.00. The molecule has 1 rings (SSSR count). The number of hydrogen-bond acceptors (Lipinski definition) is 9. The maximum Gasteiger partial charge on any atom is 0.303 e. The molecule has 0 amide bonds. The molecule has 0 aliphatic carbocycles. The molecule has 0 unspecified atom stereocenters. The van der Waals surface area contributed by atoms with E-state index in [2.05, 4.69) is 5.18 Å². The van der Waals surface area contributed by atoms with Gasteiger partial charge in [0, 0.05) is 20.8 Å². The van der Waals surface area contributed by atoms with Crippen LogP contribution in [0.5, 0.6) is 0 Å². The number of hydrogen-bond donors (Lipinski definition) is 0. The number of alkyl halides is 1. The summed E-state index contributed by atoms with van der Waals surface area (Å²) < 4.78 is 20.1. The number of carbonyl (C=O) groups excluding carboxylic acids is 3. The summed E-state index contributed by atoms with van der Waals surface area (Å²) in [6.45, 7) is 3.14. The van der Waals surface area contributed by atoms with E-state index in [0.717, 1.165) is 13.8 Å². The summed E-state index contributed by atoms with van der Waals surface area (Å²) in [5, 5.41) is 2.77. The van der Waals surface area contributed by atoms with Crippen LogP contribution in [-0.4, -0.2) is 54.4 Å². The monoisotopic (exact) mass is 337 g/mol. The van der Waals surface area contributed by atoms with Crippen molar-refractivity contribution in [1.82, 2.24) is 0 Å². The SMILES string of the molecule is CC(=O)OC[C@@H]1O[C@@H](Cl)[C@@H](N=O)[C@H](OC(C)=O)[C@H]1OC(C)=O. The van der Waals surface area contributed by atoms with Crippen LogP contribution in [0.15, 0.2) is 5.18 Å². The topological polar surface area (TPSA) is 118 Å². The normalized spacial score (nSPS) is 31.0. The number of rotatable bonds is 5. The van der Waals surface area contributed by atoms with Gasteiger partial charge < -0.3 is 18.9 Å². The summed E-state index contributed by atoms with van der Waals surface area (Å²) in [5.41, 5.74) is -1.23. The molecule has 0 radical (unpaired) electrons. The van der Waals surface area contributed by atoms with Gasteiger partial charge in [0.25, 0.3) is 0 Å². The van der Waals surface area contributed by atoms with Crippen LogP contribution in [0.2, 0.25) is 0 Å². The number of nitrogens with zero attached hydrogens (tertiary/aromatic N) is 1. The molecule has 0 aromatic rings. The largest absolute Gasteiger partial charge is 0.463 e. The Bertz CT molecular complexity index is 456. The Hall–Kier alpha value is -1.74. The molecular formula is C12H16ClNO8. The van der Waals surface area contributed by atoms with Gasteiger partial charge in [-0.15, -0.1) is 0 Å². The van der Waals surface area contributed by atoms with Crippen LogP contribution in [0.3, 0.4) is 0 Å². The maximum absolute atomic E-state index is 11.2. The summed E-state index contributed by atoms with van der Waals surface area (Å²) in [6.07, 6.45) is -3.42. The fourth-order valence-electron chi connectivity index (χ4n) is 1.98. The van der Waals surface area contributed by atoms with Crippen LogP contribution in [0, 0.1) is 4.91 Å². The average Bonchev–Trinajstić information content (AvgIpc) is 2.39. The van der Waals surface area contributed by atoms with Gasteiger partial charge in [-0.1, -0.05) is 16.8 Å². The highest BCUT2D eigenvalue weighted by Crippen LogP contribution is 2.30. The van der Waals surface area contributed by atoms with Crippen molar-refractivity contribution in [3.63, 3.8) is 0 Å². The first kappa shape index (κ1) is 18.3. The summed E-state index contributed by atoms with van der Waals surface area (Å²) >= 11 is 5.88. The third kappa shape index (κ3) is 4.92. The summed E-state index contributed by atoms with van der Waals surface area (Å²) in [6, 6.07) is -1.27. The van der Waals surface area contributed by atoms with Crippen molar-refractivity contribution in [2.45, 2.75) is 50.7 Å². The highest BCUT2D eigenvalue weighted by Gasteiger charge is 2.50. The van der Waals surface area contributed by atoms with Gasteiger partial charge >= 0.3 is 17.9 Å². The van der Waals surface area contributed by atoms with Gasteiger partial charge in [-0.25, -0.2) is 0 Å². The van der Waals surface area contributed by atoms with E-state index in [9.17, 15) is 19.3 Å². The molecular weight excluding hydrogens is 322 g/mol. The van der Waals surface area contributed by atoms with Gasteiger partial charge in [0.2, 0.25) is 0 Å². The van der Waals surface area contributed by atoms with E-state index >= 15 is 0 Å². The number of nitroso groups, excluding NO2 is 1. The van der Waals surface area contributed by atoms with Crippen LogP contribution >= 0.6 is 11.6 Å². The lowest BCUT2D eigenvalue weighted by Gasteiger charge is -2.40. The molecule has 0 N–H and O–H groups in total. The van der Waals surface area contributed by atoms with E-state index in [4.69, 9.17) is 30.5 Å². The molecule has 0 saturated carbocycles. The molecule has 5 atom stereocenters. The Labute approximate surface area is 131 Å². The van der Waals surface area contributed by atoms with Gasteiger partial charge in [-0.05, 0) is 0 Å². The molecule has 0 aromatic heterocycles. The van der Waals surface area contributed by atoms with Crippen molar-refractivity contribution in [3.05, 3.63) is 4.91 Å². The van der Waals surface area contributed by atoms with E-state index < -0.39 is 47.8 Å². The Kier molecular flexibility index (Phi) is 6.69. The maximum atomic E-state index is 11.2. The fraction of sp³-hybridized carbons (Fsp3) is 0.750. The summed E-state index contributed by atoms with van der Waals surface area (Å²) in [7, 11) is 0. The first-order chi connectivity index (χ1) is 10.3. The Morgan fingerprint density at radius 2 is 1.59 bits per heavy atom. The minimum Gasteiger partial charge on any atom is -0.463 e. The zero-order valence-electron chi connectivity index (χ0n) is 12.2. The van der Waals surface area contributed by atoms with Crippen LogP contribution in [-0.2, 0) is 33.3 Å². The Morgan fingerprint density at radius 3 is 2.05 bits per heavy atom. The molecule has 1 saturated heterocycles. The van der Waals surface area contributed by atoms with Crippen LogP contribution in [0.1, 0.15) is 20.8 Å². The third-order valence-corrected chi connectivity index (χ3v) is 3.14. The van der Waals surface area contributed by atoms with Crippen molar-refractivity contribution in [1.29, 1.82) is 0 Å². The smallest absolute Gasteiger partial charge is 0.303 e. The molecule has 124 valence electrons. The van der Waals surface area contributed by atoms with Gasteiger partial charge in [-0.2, -0.15) is 4.91 Å². The molecule has 0 spiro atoms. The van der Waals surface area contributed by atoms with Crippen molar-refractivity contribution < 1.29 is 33.3 Å². The quantitative estimate of drug-likeness (QED) is 0.308. The zero-order chi connectivity index (χ0) is 16.9. The molecule has 10 heteroatoms. The van der Waals surface area contributed by atoms with Gasteiger partial charge in [-0.3, -0.25) is 14.4 Å². The Balaban J connectivity index is 3.04. The minimum atomic E-state index is -1.27. The zero-order valence-corrected chi connectivity index (χ0v) is 12.9. The van der Waals surface area contributed by atoms with Crippen molar-refractivity contribution in [2.24, 2.45) is 5.18 Å². The van der Waals surface area contributed by atoms with Crippen LogP contribution in [0.4, 0.5) is 0 Å². The minimum absolute atomic E-state index is 0.292. The highest BCUT2D eigenvalue weighted by atomic mass is 35.5. The van der Waals surface area contributed by atoms with E-state index in [1.807, 2.05) is 0 Å². The van der Waals surface area contributed by atoms with Crippen LogP contribution < -0.4 is 0 Å². The third-order valence-electron chi connectivity index (χ3n) is 2.78. The van der Waals surface area contributed by atoms with E-state index in [-0.39, 0.29) is 6.61 Å². The molecule has 0 bridgehead atoms. The summed E-state index contributed by atoms with van der Waals surface area (Å²) in [4.78, 5) is 44.3. The number of esters is 3. The van der Waals surface area contributed by atoms with Gasteiger partial charge in [0.1, 0.15) is 12.7 Å². The second-order valence-electron chi connectivity index (χ2n) is 4.57. The van der Waals surface area contributed by atoms with E-state index in [1.54, 1.807) is 0 Å². The van der Waals surface area contributed by atoms with E-state index in [1.165, 1.54) is 6.92 Å². The molecule has 1 fully saturated rings. The number of halogens is 1. The first-order valence-electron chi connectivity index (χ1n) is 6.36. The average molecular weight is 338 g/mol. The first-order valence-corrected chi connectivity index (χ1v) is 6.79. The fourth-order valence-corrected chi connectivity index (χ4v) is 2.31. The Morgan fingerprint density at radius 1 is 1.05 bits per heavy atom. The predicted molar refractivity (Wildman–Crippen MR) is 71.8 cm³/mol. The number of carbonyl (C=O) groups is 3. The molecule has 1 heterocycles. The van der Waals surface area contributed by atoms with Gasteiger partial charge in [0.05, 0.1) is 0 Å². The molecule has 1 aliphatic rings. The lowest BCUT2D eigenvalue weighted by Crippen LogP contribution is -2.59. The van der Waals surface area contributed by atoms with Gasteiger partial charge in [0.15, 0.2) is 23.8 Å². The molecule has 9 nitrogen and oxygen atoms in total. The highest BCUT2D eigenvalue weighted by molar-refractivity contribution is 6.20. The molecule has 1 aliphatic heterocycles. The second kappa shape index (κ2) is 8.04. The van der Waals surface area contributed by atoms with Crippen LogP contribution in [0.25, 0.3) is 0 Å². The summed E-state index contributed by atoms with van der Waals surface area (Å²) in [5.74, 6) is -2.00. The predicted octanol–water partition coefficient (Wildman–Crippen LogP) is 0.512. The number of ether oxygens (including phenoxy) is 4. The molecule has 22 heavy (non-hydrogen) atoms. The van der Waals surface area contributed by atoms with Crippen molar-refractivity contribution in [2.75, 3.05) is 6.61 Å². The van der Waals surface area contributed by atoms with E-state index in [0.29, 0.717) is 0 Å². The van der Waals surface area contributed by atoms with Crippen molar-refractivity contribution >= 4 is 29.5 Å².